The van der Waals surface area contributed by atoms with E-state index in [2.05, 4.69) is 36.2 Å². The summed E-state index contributed by atoms with van der Waals surface area (Å²) in [6.45, 7) is 0.553. The monoisotopic (exact) mass is 331 g/mol. The fraction of sp³-hybridized carbons (Fsp3) is 0.0769. The Hall–Kier alpha value is -2.28. The van der Waals surface area contributed by atoms with E-state index in [1.165, 1.54) is 16.7 Å². The van der Waals surface area contributed by atoms with Crippen LogP contribution in [0.3, 0.4) is 0 Å². The lowest BCUT2D eigenvalue weighted by Gasteiger charge is -2.09. The molecule has 3 rings (SSSR count). The molecule has 6 nitrogen and oxygen atoms in total. The van der Waals surface area contributed by atoms with Crippen molar-refractivity contribution in [2.45, 2.75) is 6.54 Å². The van der Waals surface area contributed by atoms with Crippen molar-refractivity contribution in [2.24, 2.45) is 0 Å². The summed E-state index contributed by atoms with van der Waals surface area (Å²) >= 11 is 3.29. The van der Waals surface area contributed by atoms with Gasteiger partial charge in [0.1, 0.15) is 4.60 Å². The van der Waals surface area contributed by atoms with Gasteiger partial charge in [-0.15, -0.1) is 0 Å². The van der Waals surface area contributed by atoms with Gasteiger partial charge in [-0.25, -0.2) is 9.97 Å². The Balaban J connectivity index is 1.99. The van der Waals surface area contributed by atoms with E-state index in [4.69, 9.17) is 0 Å². The van der Waals surface area contributed by atoms with Crippen LogP contribution in [0.25, 0.3) is 5.65 Å². The zero-order valence-electron chi connectivity index (χ0n) is 10.3. The highest BCUT2D eigenvalue weighted by atomic mass is 79.9. The third-order valence-corrected chi connectivity index (χ3v) is 3.11. The quantitative estimate of drug-likeness (QED) is 0.793. The first kappa shape index (κ1) is 12.7. The molecule has 0 saturated carbocycles. The second-order valence-corrected chi connectivity index (χ2v) is 4.92. The van der Waals surface area contributed by atoms with E-state index < -0.39 is 0 Å². The number of anilines is 1. The second-order valence-electron chi connectivity index (χ2n) is 4.10. The van der Waals surface area contributed by atoms with Crippen molar-refractivity contribution in [3.8, 4) is 0 Å². The van der Waals surface area contributed by atoms with E-state index in [0.717, 1.165) is 5.56 Å². The molecule has 0 aromatic carbocycles. The molecule has 0 fully saturated rings. The number of hydrogen-bond donors (Lipinski definition) is 1. The maximum absolute atomic E-state index is 11.8. The van der Waals surface area contributed by atoms with Gasteiger partial charge in [0.15, 0.2) is 11.5 Å². The Kier molecular flexibility index (Phi) is 3.42. The minimum Gasteiger partial charge on any atom is -0.363 e. The van der Waals surface area contributed by atoms with E-state index >= 15 is 0 Å². The van der Waals surface area contributed by atoms with Gasteiger partial charge in [0, 0.05) is 37.4 Å². The van der Waals surface area contributed by atoms with Crippen molar-refractivity contribution in [1.29, 1.82) is 0 Å². The molecular formula is C13H10BrN5O. The molecule has 100 valence electrons. The van der Waals surface area contributed by atoms with Gasteiger partial charge in [-0.05, 0) is 27.6 Å². The van der Waals surface area contributed by atoms with E-state index in [9.17, 15) is 4.79 Å². The number of pyridine rings is 1. The van der Waals surface area contributed by atoms with Gasteiger partial charge in [-0.1, -0.05) is 6.07 Å². The van der Waals surface area contributed by atoms with Gasteiger partial charge in [-0.3, -0.25) is 14.2 Å². The Morgan fingerprint density at radius 1 is 1.30 bits per heavy atom. The third kappa shape index (κ3) is 2.53. The lowest BCUT2D eigenvalue weighted by atomic mass is 10.3. The first-order valence-corrected chi connectivity index (χ1v) is 6.70. The third-order valence-electron chi connectivity index (χ3n) is 2.73. The second kappa shape index (κ2) is 5.38. The Morgan fingerprint density at radius 2 is 2.20 bits per heavy atom. The minimum absolute atomic E-state index is 0.150. The highest BCUT2D eigenvalue weighted by molar-refractivity contribution is 9.10. The lowest BCUT2D eigenvalue weighted by Crippen LogP contribution is -2.15. The summed E-state index contributed by atoms with van der Waals surface area (Å²) in [6, 6.07) is 5.23. The van der Waals surface area contributed by atoms with Crippen LogP contribution < -0.4 is 10.9 Å². The van der Waals surface area contributed by atoms with Gasteiger partial charge in [0.25, 0.3) is 5.56 Å². The van der Waals surface area contributed by atoms with Gasteiger partial charge in [-0.2, -0.15) is 0 Å². The van der Waals surface area contributed by atoms with Crippen LogP contribution in [0.2, 0.25) is 0 Å². The molecule has 20 heavy (non-hydrogen) atoms. The van der Waals surface area contributed by atoms with Gasteiger partial charge in [0.2, 0.25) is 0 Å². The molecular weight excluding hydrogens is 322 g/mol. The molecule has 3 heterocycles. The van der Waals surface area contributed by atoms with E-state index in [-0.39, 0.29) is 5.56 Å². The predicted molar refractivity (Wildman–Crippen MR) is 78.5 cm³/mol. The molecule has 0 aliphatic rings. The van der Waals surface area contributed by atoms with Crippen molar-refractivity contribution in [3.05, 3.63) is 63.5 Å². The summed E-state index contributed by atoms with van der Waals surface area (Å²) in [5.74, 6) is 0.543. The predicted octanol–water partition coefficient (Wildman–Crippen LogP) is 1.86. The molecule has 0 radical (unpaired) electrons. The highest BCUT2D eigenvalue weighted by Gasteiger charge is 2.07. The van der Waals surface area contributed by atoms with E-state index in [0.29, 0.717) is 22.6 Å². The standard InChI is InChI=1S/C13H10BrN5O/c14-10-8-19-11(20)3-5-16-13(19)12(18-10)17-7-9-2-1-4-15-6-9/h1-6,8H,7H2,(H,17,18). The molecule has 3 aromatic heterocycles. The zero-order chi connectivity index (χ0) is 13.9. The van der Waals surface area contributed by atoms with Crippen molar-refractivity contribution in [2.75, 3.05) is 5.32 Å². The number of rotatable bonds is 3. The summed E-state index contributed by atoms with van der Waals surface area (Å²) in [5, 5.41) is 3.17. The summed E-state index contributed by atoms with van der Waals surface area (Å²) in [6.07, 6.45) is 6.56. The van der Waals surface area contributed by atoms with E-state index in [1.807, 2.05) is 12.1 Å². The lowest BCUT2D eigenvalue weighted by molar-refractivity contribution is 0.986. The molecule has 0 saturated heterocycles. The highest BCUT2D eigenvalue weighted by Crippen LogP contribution is 2.15. The fourth-order valence-corrected chi connectivity index (χ4v) is 2.20. The molecule has 7 heteroatoms. The molecule has 0 atom stereocenters. The first-order chi connectivity index (χ1) is 9.74. The first-order valence-electron chi connectivity index (χ1n) is 5.91. The molecule has 0 aliphatic carbocycles. The number of aromatic nitrogens is 4. The normalized spacial score (nSPS) is 10.7. The number of nitrogens with zero attached hydrogens (tertiary/aromatic N) is 4. The van der Waals surface area contributed by atoms with Crippen molar-refractivity contribution in [3.63, 3.8) is 0 Å². The van der Waals surface area contributed by atoms with Crippen LogP contribution in [0, 0.1) is 0 Å². The van der Waals surface area contributed by atoms with Crippen LogP contribution in [-0.4, -0.2) is 19.4 Å². The average molecular weight is 332 g/mol. The number of halogens is 1. The molecule has 1 N–H and O–H groups in total. The van der Waals surface area contributed by atoms with Gasteiger partial charge in [0.05, 0.1) is 0 Å². The molecule has 3 aromatic rings. The summed E-state index contributed by atoms with van der Waals surface area (Å²) in [5.41, 5.74) is 1.36. The summed E-state index contributed by atoms with van der Waals surface area (Å²) in [4.78, 5) is 24.4. The topological polar surface area (TPSA) is 72.2 Å². The van der Waals surface area contributed by atoms with Gasteiger partial charge >= 0.3 is 0 Å². The summed E-state index contributed by atoms with van der Waals surface area (Å²) in [7, 11) is 0. The van der Waals surface area contributed by atoms with E-state index in [1.54, 1.807) is 18.6 Å². The number of fused-ring (bicyclic) bond motifs is 1. The minimum atomic E-state index is -0.150. The van der Waals surface area contributed by atoms with Crippen LogP contribution in [0.1, 0.15) is 5.56 Å². The maximum atomic E-state index is 11.8. The smallest absolute Gasteiger partial charge is 0.257 e. The molecule has 0 aliphatic heterocycles. The van der Waals surface area contributed by atoms with Crippen LogP contribution >= 0.6 is 15.9 Å². The SMILES string of the molecule is O=c1ccnc2c(NCc3cccnc3)nc(Br)cn12. The zero-order valence-corrected chi connectivity index (χ0v) is 11.9. The maximum Gasteiger partial charge on any atom is 0.257 e. The molecule has 0 unspecified atom stereocenters. The van der Waals surface area contributed by atoms with Gasteiger partial charge < -0.3 is 5.32 Å². The number of hydrogen-bond acceptors (Lipinski definition) is 5. The van der Waals surface area contributed by atoms with Crippen molar-refractivity contribution < 1.29 is 0 Å². The fourth-order valence-electron chi connectivity index (χ4n) is 1.82. The average Bonchev–Trinajstić information content (AvgIpc) is 2.47. The van der Waals surface area contributed by atoms with Crippen LogP contribution in [0.5, 0.6) is 0 Å². The van der Waals surface area contributed by atoms with Crippen LogP contribution in [0.15, 0.2) is 52.4 Å². The number of nitrogens with one attached hydrogen (secondary N) is 1. The molecule has 0 amide bonds. The Labute approximate surface area is 122 Å². The largest absolute Gasteiger partial charge is 0.363 e. The van der Waals surface area contributed by atoms with Crippen molar-refractivity contribution in [1.82, 2.24) is 19.4 Å². The van der Waals surface area contributed by atoms with Crippen LogP contribution in [-0.2, 0) is 6.54 Å². The summed E-state index contributed by atoms with van der Waals surface area (Å²) < 4.78 is 2.01. The molecule has 0 spiro atoms. The van der Waals surface area contributed by atoms with Crippen LogP contribution in [0.4, 0.5) is 5.82 Å². The van der Waals surface area contributed by atoms with Crippen molar-refractivity contribution >= 4 is 27.4 Å². The Morgan fingerprint density at radius 3 is 3.00 bits per heavy atom. The molecule has 0 bridgehead atoms. The Bertz CT molecular complexity index is 803.